The van der Waals surface area contributed by atoms with Crippen molar-refractivity contribution in [2.75, 3.05) is 0 Å². The largest absolute Gasteiger partial charge is 0.324 e. The van der Waals surface area contributed by atoms with Gasteiger partial charge in [0.25, 0.3) is 0 Å². The Morgan fingerprint density at radius 1 is 1.15 bits per heavy atom. The molecule has 0 saturated heterocycles. The molecule has 0 radical (unpaired) electrons. The first-order valence-electron chi connectivity index (χ1n) is 6.54. The standard InChI is InChI=1S/C16H14ClFN2/c1-2-20-15-9-13(18)7-8-14(15)19-16(20)12-5-3-11(10-17)4-6-12/h3-9H,2,10H2,1H3. The van der Waals surface area contributed by atoms with Gasteiger partial charge in [-0.15, -0.1) is 11.6 Å². The first-order chi connectivity index (χ1) is 9.72. The number of imidazole rings is 1. The first-order valence-corrected chi connectivity index (χ1v) is 7.07. The molecule has 0 aliphatic heterocycles. The Bertz CT molecular complexity index is 747. The third kappa shape index (κ3) is 2.18. The Balaban J connectivity index is 2.19. The molecule has 0 spiro atoms. The van der Waals surface area contributed by atoms with Crippen molar-refractivity contribution >= 4 is 22.6 Å². The number of halogens is 2. The van der Waals surface area contributed by atoms with Crippen molar-refractivity contribution in [3.05, 3.63) is 53.8 Å². The van der Waals surface area contributed by atoms with Gasteiger partial charge in [0.1, 0.15) is 11.6 Å². The summed E-state index contributed by atoms with van der Waals surface area (Å²) in [4.78, 5) is 4.61. The number of hydrogen-bond acceptors (Lipinski definition) is 1. The van der Waals surface area contributed by atoms with Gasteiger partial charge in [-0.2, -0.15) is 0 Å². The van der Waals surface area contributed by atoms with E-state index in [0.29, 0.717) is 5.88 Å². The predicted octanol–water partition coefficient (Wildman–Crippen LogP) is 4.60. The minimum Gasteiger partial charge on any atom is -0.324 e. The number of rotatable bonds is 3. The molecule has 20 heavy (non-hydrogen) atoms. The molecule has 2 nitrogen and oxygen atoms in total. The van der Waals surface area contributed by atoms with Gasteiger partial charge in [-0.3, -0.25) is 0 Å². The number of aryl methyl sites for hydroxylation is 1. The van der Waals surface area contributed by atoms with Crippen molar-refractivity contribution in [1.82, 2.24) is 9.55 Å². The van der Waals surface area contributed by atoms with Gasteiger partial charge in [0, 0.05) is 18.0 Å². The first kappa shape index (κ1) is 13.1. The molecule has 3 aromatic rings. The molecule has 1 aromatic heterocycles. The Morgan fingerprint density at radius 3 is 2.55 bits per heavy atom. The smallest absolute Gasteiger partial charge is 0.141 e. The molecule has 102 valence electrons. The van der Waals surface area contributed by atoms with E-state index in [1.165, 1.54) is 12.1 Å². The van der Waals surface area contributed by atoms with Crippen molar-refractivity contribution in [2.24, 2.45) is 0 Å². The maximum Gasteiger partial charge on any atom is 0.141 e. The molecule has 0 saturated carbocycles. The fourth-order valence-electron chi connectivity index (χ4n) is 2.38. The van der Waals surface area contributed by atoms with Crippen molar-refractivity contribution < 1.29 is 4.39 Å². The summed E-state index contributed by atoms with van der Waals surface area (Å²) >= 11 is 5.80. The molecular weight excluding hydrogens is 275 g/mol. The number of aromatic nitrogens is 2. The lowest BCUT2D eigenvalue weighted by molar-refractivity contribution is 0.628. The summed E-state index contributed by atoms with van der Waals surface area (Å²) in [6.07, 6.45) is 0. The predicted molar refractivity (Wildman–Crippen MR) is 80.4 cm³/mol. The molecule has 0 bridgehead atoms. The van der Waals surface area contributed by atoms with Gasteiger partial charge in [-0.25, -0.2) is 9.37 Å². The number of fused-ring (bicyclic) bond motifs is 1. The van der Waals surface area contributed by atoms with Crippen LogP contribution < -0.4 is 0 Å². The second-order valence-electron chi connectivity index (χ2n) is 4.64. The lowest BCUT2D eigenvalue weighted by Gasteiger charge is -2.06. The minimum absolute atomic E-state index is 0.240. The Morgan fingerprint density at radius 2 is 1.90 bits per heavy atom. The Labute approximate surface area is 121 Å². The van der Waals surface area contributed by atoms with Crippen LogP contribution in [0.15, 0.2) is 42.5 Å². The van der Waals surface area contributed by atoms with Crippen molar-refractivity contribution in [3.63, 3.8) is 0 Å². The van der Waals surface area contributed by atoms with Crippen molar-refractivity contribution in [3.8, 4) is 11.4 Å². The van der Waals surface area contributed by atoms with E-state index in [2.05, 4.69) is 4.98 Å². The molecule has 1 heterocycles. The SMILES string of the molecule is CCn1c(-c2ccc(CCl)cc2)nc2ccc(F)cc21. The van der Waals surface area contributed by atoms with Crippen LogP contribution in [0.2, 0.25) is 0 Å². The average Bonchev–Trinajstić information content (AvgIpc) is 2.85. The quantitative estimate of drug-likeness (QED) is 0.644. The molecule has 3 rings (SSSR count). The van der Waals surface area contributed by atoms with E-state index in [0.717, 1.165) is 34.5 Å². The van der Waals surface area contributed by atoms with E-state index in [4.69, 9.17) is 11.6 Å². The number of nitrogens with zero attached hydrogens (tertiary/aromatic N) is 2. The van der Waals surface area contributed by atoms with Gasteiger partial charge in [0.05, 0.1) is 11.0 Å². The number of benzene rings is 2. The average molecular weight is 289 g/mol. The zero-order valence-corrected chi connectivity index (χ0v) is 11.9. The monoisotopic (exact) mass is 288 g/mol. The van der Waals surface area contributed by atoms with Gasteiger partial charge in [-0.1, -0.05) is 24.3 Å². The highest BCUT2D eigenvalue weighted by Crippen LogP contribution is 2.25. The number of alkyl halides is 1. The van der Waals surface area contributed by atoms with Crippen LogP contribution in [-0.2, 0) is 12.4 Å². The third-order valence-electron chi connectivity index (χ3n) is 3.39. The summed E-state index contributed by atoms with van der Waals surface area (Å²) in [5.41, 5.74) is 3.71. The summed E-state index contributed by atoms with van der Waals surface area (Å²) < 4.78 is 15.4. The summed E-state index contributed by atoms with van der Waals surface area (Å²) in [5, 5.41) is 0. The highest BCUT2D eigenvalue weighted by atomic mass is 35.5. The molecule has 0 amide bonds. The van der Waals surface area contributed by atoms with Crippen LogP contribution in [0, 0.1) is 5.82 Å². The molecular formula is C16H14ClFN2. The van der Waals surface area contributed by atoms with E-state index in [9.17, 15) is 4.39 Å². The maximum atomic E-state index is 13.4. The summed E-state index contributed by atoms with van der Waals surface area (Å²) in [6, 6.07) is 12.7. The van der Waals surface area contributed by atoms with E-state index in [-0.39, 0.29) is 5.82 Å². The lowest BCUT2D eigenvalue weighted by atomic mass is 10.1. The molecule has 0 unspecified atom stereocenters. The lowest BCUT2D eigenvalue weighted by Crippen LogP contribution is -1.97. The third-order valence-corrected chi connectivity index (χ3v) is 3.70. The van der Waals surface area contributed by atoms with E-state index >= 15 is 0 Å². The van der Waals surface area contributed by atoms with Crippen LogP contribution in [-0.4, -0.2) is 9.55 Å². The highest BCUT2D eigenvalue weighted by molar-refractivity contribution is 6.17. The zero-order chi connectivity index (χ0) is 14.1. The normalized spacial score (nSPS) is 11.2. The topological polar surface area (TPSA) is 17.8 Å². The molecule has 0 atom stereocenters. The molecule has 0 fully saturated rings. The van der Waals surface area contributed by atoms with E-state index in [1.807, 2.05) is 35.8 Å². The maximum absolute atomic E-state index is 13.4. The fraction of sp³-hybridized carbons (Fsp3) is 0.188. The van der Waals surface area contributed by atoms with Crippen LogP contribution in [0.3, 0.4) is 0 Å². The summed E-state index contributed by atoms with van der Waals surface area (Å²) in [5.74, 6) is 1.11. The second kappa shape index (κ2) is 5.25. The Hall–Kier alpha value is -1.87. The van der Waals surface area contributed by atoms with Gasteiger partial charge in [0.15, 0.2) is 0 Å². The van der Waals surface area contributed by atoms with E-state index < -0.39 is 0 Å². The van der Waals surface area contributed by atoms with Crippen LogP contribution in [0.1, 0.15) is 12.5 Å². The highest BCUT2D eigenvalue weighted by Gasteiger charge is 2.12. The summed E-state index contributed by atoms with van der Waals surface area (Å²) in [7, 11) is 0. The van der Waals surface area contributed by atoms with Gasteiger partial charge < -0.3 is 4.57 Å². The molecule has 0 aliphatic carbocycles. The van der Waals surface area contributed by atoms with Crippen molar-refractivity contribution in [1.29, 1.82) is 0 Å². The molecule has 0 N–H and O–H groups in total. The molecule has 4 heteroatoms. The molecule has 2 aromatic carbocycles. The van der Waals surface area contributed by atoms with Gasteiger partial charge >= 0.3 is 0 Å². The zero-order valence-electron chi connectivity index (χ0n) is 11.1. The summed E-state index contributed by atoms with van der Waals surface area (Å²) in [6.45, 7) is 2.77. The number of hydrogen-bond donors (Lipinski definition) is 0. The van der Waals surface area contributed by atoms with Crippen LogP contribution in [0.25, 0.3) is 22.4 Å². The van der Waals surface area contributed by atoms with E-state index in [1.54, 1.807) is 6.07 Å². The minimum atomic E-state index is -0.240. The van der Waals surface area contributed by atoms with Gasteiger partial charge in [-0.05, 0) is 30.7 Å². The van der Waals surface area contributed by atoms with Crippen molar-refractivity contribution in [2.45, 2.75) is 19.3 Å². The van der Waals surface area contributed by atoms with Gasteiger partial charge in [0.2, 0.25) is 0 Å². The van der Waals surface area contributed by atoms with Crippen LogP contribution in [0.4, 0.5) is 4.39 Å². The second-order valence-corrected chi connectivity index (χ2v) is 4.91. The van der Waals surface area contributed by atoms with Crippen LogP contribution in [0.5, 0.6) is 0 Å². The van der Waals surface area contributed by atoms with Crippen LogP contribution >= 0.6 is 11.6 Å². The Kier molecular flexibility index (Phi) is 3.45. The fourth-order valence-corrected chi connectivity index (χ4v) is 2.56. The molecule has 0 aliphatic rings.